The Bertz CT molecular complexity index is 302. The highest BCUT2D eigenvalue weighted by molar-refractivity contribution is 5.31. The molecule has 4 nitrogen and oxygen atoms in total. The van der Waals surface area contributed by atoms with Crippen molar-refractivity contribution >= 4 is 5.95 Å². The molecule has 0 saturated heterocycles. The van der Waals surface area contributed by atoms with Crippen LogP contribution in [0.5, 0.6) is 0 Å². The van der Waals surface area contributed by atoms with Gasteiger partial charge in [0.05, 0.1) is 5.69 Å². The van der Waals surface area contributed by atoms with Gasteiger partial charge in [-0.05, 0) is 12.8 Å². The van der Waals surface area contributed by atoms with Crippen LogP contribution < -0.4 is 11.5 Å². The molecule has 12 heavy (non-hydrogen) atoms. The molecule has 0 saturated carbocycles. The Morgan fingerprint density at radius 3 is 3.08 bits per heavy atom. The number of hydrogen-bond donors (Lipinski definition) is 2. The molecule has 1 aromatic rings. The summed E-state index contributed by atoms with van der Waals surface area (Å²) < 4.78 is 1.96. The smallest absolute Gasteiger partial charge is 0.200 e. The van der Waals surface area contributed by atoms with Crippen molar-refractivity contribution in [2.45, 2.75) is 25.3 Å². The molecule has 1 aliphatic rings. The Hall–Kier alpha value is -1.03. The third-order valence-electron chi connectivity index (χ3n) is 2.54. The Morgan fingerprint density at radius 2 is 2.33 bits per heavy atom. The van der Waals surface area contributed by atoms with Crippen LogP contribution in [0.25, 0.3) is 0 Å². The van der Waals surface area contributed by atoms with Crippen LogP contribution in [0.15, 0.2) is 0 Å². The third kappa shape index (κ3) is 0.992. The van der Waals surface area contributed by atoms with Crippen molar-refractivity contribution in [3.05, 3.63) is 11.4 Å². The first kappa shape index (κ1) is 7.61. The molecule has 1 unspecified atom stereocenters. The molecule has 4 heteroatoms. The minimum atomic E-state index is 0.270. The maximum atomic E-state index is 5.82. The highest BCUT2D eigenvalue weighted by atomic mass is 15.1. The van der Waals surface area contributed by atoms with Crippen molar-refractivity contribution < 1.29 is 0 Å². The quantitative estimate of drug-likeness (QED) is 0.561. The SMILES string of the molecule is Cn1c(N)nc2c1CCC(N)C2. The van der Waals surface area contributed by atoms with Gasteiger partial charge in [-0.25, -0.2) is 4.98 Å². The van der Waals surface area contributed by atoms with E-state index in [-0.39, 0.29) is 6.04 Å². The molecule has 0 fully saturated rings. The van der Waals surface area contributed by atoms with E-state index in [0.717, 1.165) is 25.0 Å². The van der Waals surface area contributed by atoms with Crippen LogP contribution in [0, 0.1) is 0 Å². The first-order valence-corrected chi connectivity index (χ1v) is 4.24. The lowest BCUT2D eigenvalue weighted by Crippen LogP contribution is -2.28. The summed E-state index contributed by atoms with van der Waals surface area (Å²) in [5, 5.41) is 0. The molecule has 0 aliphatic heterocycles. The van der Waals surface area contributed by atoms with Gasteiger partial charge in [0.2, 0.25) is 0 Å². The summed E-state index contributed by atoms with van der Waals surface area (Å²) in [7, 11) is 1.96. The Labute approximate surface area is 71.6 Å². The largest absolute Gasteiger partial charge is 0.369 e. The van der Waals surface area contributed by atoms with Gasteiger partial charge in [0.25, 0.3) is 0 Å². The summed E-state index contributed by atoms with van der Waals surface area (Å²) in [5.74, 6) is 0.606. The van der Waals surface area contributed by atoms with Gasteiger partial charge in [0.15, 0.2) is 5.95 Å². The van der Waals surface area contributed by atoms with Gasteiger partial charge < -0.3 is 16.0 Å². The van der Waals surface area contributed by atoms with Crippen molar-refractivity contribution in [1.82, 2.24) is 9.55 Å². The zero-order valence-corrected chi connectivity index (χ0v) is 7.25. The monoisotopic (exact) mass is 166 g/mol. The van der Waals surface area contributed by atoms with Gasteiger partial charge in [-0.2, -0.15) is 0 Å². The van der Waals surface area contributed by atoms with E-state index in [9.17, 15) is 0 Å². The molecule has 2 rings (SSSR count). The predicted molar refractivity (Wildman–Crippen MR) is 47.6 cm³/mol. The lowest BCUT2D eigenvalue weighted by molar-refractivity contribution is 0.554. The topological polar surface area (TPSA) is 69.9 Å². The Kier molecular flexibility index (Phi) is 1.58. The molecule has 0 amide bonds. The molecule has 0 aromatic carbocycles. The molecular weight excluding hydrogens is 152 g/mol. The minimum absolute atomic E-state index is 0.270. The van der Waals surface area contributed by atoms with E-state index in [4.69, 9.17) is 11.5 Å². The zero-order chi connectivity index (χ0) is 8.72. The molecule has 0 spiro atoms. The fourth-order valence-electron chi connectivity index (χ4n) is 1.76. The summed E-state index contributed by atoms with van der Waals surface area (Å²) >= 11 is 0. The number of fused-ring (bicyclic) bond motifs is 1. The number of imidazole rings is 1. The van der Waals surface area contributed by atoms with Crippen LogP contribution in [0.2, 0.25) is 0 Å². The molecular formula is C8H14N4. The number of nitrogen functional groups attached to an aromatic ring is 1. The average Bonchev–Trinajstić information content (AvgIpc) is 2.28. The van der Waals surface area contributed by atoms with Crippen molar-refractivity contribution in [3.8, 4) is 0 Å². The van der Waals surface area contributed by atoms with Crippen LogP contribution in [0.1, 0.15) is 17.8 Å². The van der Waals surface area contributed by atoms with Crippen molar-refractivity contribution in [1.29, 1.82) is 0 Å². The molecule has 1 aromatic heterocycles. The summed E-state index contributed by atoms with van der Waals surface area (Å²) in [6.07, 6.45) is 2.93. The molecule has 0 bridgehead atoms. The second-order valence-corrected chi connectivity index (χ2v) is 3.43. The Balaban J connectivity index is 2.43. The van der Waals surface area contributed by atoms with E-state index >= 15 is 0 Å². The molecule has 1 aliphatic carbocycles. The summed E-state index contributed by atoms with van der Waals surface area (Å²) in [4.78, 5) is 4.26. The van der Waals surface area contributed by atoms with E-state index in [1.165, 1.54) is 5.69 Å². The van der Waals surface area contributed by atoms with E-state index in [1.54, 1.807) is 0 Å². The van der Waals surface area contributed by atoms with Gasteiger partial charge in [-0.15, -0.1) is 0 Å². The van der Waals surface area contributed by atoms with Crippen molar-refractivity contribution in [3.63, 3.8) is 0 Å². The predicted octanol–water partition coefficient (Wildman–Crippen LogP) is -0.182. The minimum Gasteiger partial charge on any atom is -0.369 e. The van der Waals surface area contributed by atoms with E-state index in [0.29, 0.717) is 5.95 Å². The maximum Gasteiger partial charge on any atom is 0.200 e. The number of rotatable bonds is 0. The lowest BCUT2D eigenvalue weighted by Gasteiger charge is -2.17. The van der Waals surface area contributed by atoms with Crippen LogP contribution >= 0.6 is 0 Å². The third-order valence-corrected chi connectivity index (χ3v) is 2.54. The molecule has 1 atom stereocenters. The zero-order valence-electron chi connectivity index (χ0n) is 7.25. The molecule has 0 radical (unpaired) electrons. The second kappa shape index (κ2) is 2.48. The fraction of sp³-hybridized carbons (Fsp3) is 0.625. The maximum absolute atomic E-state index is 5.82. The highest BCUT2D eigenvalue weighted by Gasteiger charge is 2.20. The first-order valence-electron chi connectivity index (χ1n) is 4.24. The summed E-state index contributed by atoms with van der Waals surface area (Å²) in [6.45, 7) is 0. The van der Waals surface area contributed by atoms with Gasteiger partial charge in [-0.1, -0.05) is 0 Å². The van der Waals surface area contributed by atoms with Gasteiger partial charge in [0.1, 0.15) is 0 Å². The van der Waals surface area contributed by atoms with Gasteiger partial charge in [0, 0.05) is 25.2 Å². The standard InChI is InChI=1S/C8H14N4/c1-12-7-3-2-5(9)4-6(7)11-8(12)10/h5H,2-4,9H2,1H3,(H2,10,11). The molecule has 1 heterocycles. The summed E-state index contributed by atoms with van der Waals surface area (Å²) in [5.41, 5.74) is 13.8. The first-order chi connectivity index (χ1) is 5.68. The highest BCUT2D eigenvalue weighted by Crippen LogP contribution is 2.21. The van der Waals surface area contributed by atoms with Gasteiger partial charge >= 0.3 is 0 Å². The van der Waals surface area contributed by atoms with E-state index < -0.39 is 0 Å². The number of nitrogens with zero attached hydrogens (tertiary/aromatic N) is 2. The normalized spacial score (nSPS) is 22.3. The van der Waals surface area contributed by atoms with E-state index in [2.05, 4.69) is 4.98 Å². The number of nitrogens with two attached hydrogens (primary N) is 2. The second-order valence-electron chi connectivity index (χ2n) is 3.43. The molecule has 4 N–H and O–H groups in total. The molecule has 66 valence electrons. The average molecular weight is 166 g/mol. The number of aromatic nitrogens is 2. The lowest BCUT2D eigenvalue weighted by atomic mass is 9.97. The van der Waals surface area contributed by atoms with Crippen LogP contribution in [0.4, 0.5) is 5.95 Å². The Morgan fingerprint density at radius 1 is 1.58 bits per heavy atom. The van der Waals surface area contributed by atoms with Gasteiger partial charge in [-0.3, -0.25) is 0 Å². The van der Waals surface area contributed by atoms with E-state index in [1.807, 2.05) is 11.6 Å². The van der Waals surface area contributed by atoms with Crippen molar-refractivity contribution in [2.75, 3.05) is 5.73 Å². The van der Waals surface area contributed by atoms with Crippen molar-refractivity contribution in [2.24, 2.45) is 12.8 Å². The number of hydrogen-bond acceptors (Lipinski definition) is 3. The van der Waals surface area contributed by atoms with Crippen LogP contribution in [0.3, 0.4) is 0 Å². The fourth-order valence-corrected chi connectivity index (χ4v) is 1.76. The summed E-state index contributed by atoms with van der Waals surface area (Å²) in [6, 6.07) is 0.270. The van der Waals surface area contributed by atoms with Crippen LogP contribution in [-0.2, 0) is 19.9 Å². The number of anilines is 1. The van der Waals surface area contributed by atoms with Crippen LogP contribution in [-0.4, -0.2) is 15.6 Å².